The minimum Gasteiger partial charge on any atom is -0.394 e. The monoisotopic (exact) mass is 354 g/mol. The average Bonchev–Trinajstić information content (AvgIpc) is 2.48. The van der Waals surface area contributed by atoms with Gasteiger partial charge in [-0.15, -0.1) is 0 Å². The summed E-state index contributed by atoms with van der Waals surface area (Å²) in [5.41, 5.74) is 0. The van der Waals surface area contributed by atoms with Crippen LogP contribution in [0.3, 0.4) is 0 Å². The second kappa shape index (κ2) is 7.21. The number of aliphatic hydroxyl groups excluding tert-OH is 1. The molecule has 0 radical (unpaired) electrons. The molecule has 1 aromatic rings. The van der Waals surface area contributed by atoms with E-state index in [1.165, 1.54) is 16.6 Å². The van der Waals surface area contributed by atoms with Gasteiger partial charge in [0.2, 0.25) is 10.0 Å². The van der Waals surface area contributed by atoms with Gasteiger partial charge in [-0.05, 0) is 18.9 Å². The van der Waals surface area contributed by atoms with E-state index in [1.54, 1.807) is 0 Å². The van der Waals surface area contributed by atoms with E-state index in [0.717, 1.165) is 0 Å². The Kier molecular flexibility index (Phi) is 5.81. The minimum atomic E-state index is -3.62. The third-order valence-corrected chi connectivity index (χ3v) is 5.80. The predicted octanol–water partition coefficient (Wildman–Crippen LogP) is 1.55. The molecular weight excluding hydrogens is 339 g/mol. The Bertz CT molecular complexity index is 589. The molecule has 9 heteroatoms. The summed E-state index contributed by atoms with van der Waals surface area (Å²) in [7, 11) is -3.62. The summed E-state index contributed by atoms with van der Waals surface area (Å²) < 4.78 is 31.7. The van der Waals surface area contributed by atoms with Gasteiger partial charge in [0.05, 0.1) is 24.3 Å². The molecule has 1 saturated heterocycles. The van der Waals surface area contributed by atoms with E-state index >= 15 is 0 Å². The summed E-state index contributed by atoms with van der Waals surface area (Å²) in [6.07, 6.45) is 2.37. The van der Waals surface area contributed by atoms with Crippen LogP contribution in [0.2, 0.25) is 10.2 Å². The standard InChI is InChI=1S/C12H16Cl2N2O4S/c13-11-7-10(8-15-12(11)14)21(18,19)16-3-1-9(2-4-16)20-6-5-17/h7-9,17H,1-6H2. The Labute approximate surface area is 133 Å². The molecule has 1 fully saturated rings. The first-order valence-electron chi connectivity index (χ1n) is 6.49. The summed E-state index contributed by atoms with van der Waals surface area (Å²) in [6, 6.07) is 1.31. The number of ether oxygens (including phenoxy) is 1. The van der Waals surface area contributed by atoms with Crippen molar-refractivity contribution in [2.45, 2.75) is 23.8 Å². The van der Waals surface area contributed by atoms with Gasteiger partial charge in [0.15, 0.2) is 0 Å². The van der Waals surface area contributed by atoms with Gasteiger partial charge in [0.1, 0.15) is 10.0 Å². The zero-order valence-electron chi connectivity index (χ0n) is 11.2. The summed E-state index contributed by atoms with van der Waals surface area (Å²) >= 11 is 11.5. The number of hydrogen-bond donors (Lipinski definition) is 1. The molecule has 6 nitrogen and oxygen atoms in total. The Morgan fingerprint density at radius 1 is 1.38 bits per heavy atom. The van der Waals surface area contributed by atoms with Gasteiger partial charge >= 0.3 is 0 Å². The predicted molar refractivity (Wildman–Crippen MR) is 79.1 cm³/mol. The normalized spacial score (nSPS) is 18.0. The van der Waals surface area contributed by atoms with Gasteiger partial charge in [0.25, 0.3) is 0 Å². The van der Waals surface area contributed by atoms with E-state index in [9.17, 15) is 8.42 Å². The van der Waals surface area contributed by atoms with E-state index in [2.05, 4.69) is 4.98 Å². The van der Waals surface area contributed by atoms with Crippen molar-refractivity contribution in [1.82, 2.24) is 9.29 Å². The molecule has 1 aromatic heterocycles. The lowest BCUT2D eigenvalue weighted by molar-refractivity contribution is 0.00318. The van der Waals surface area contributed by atoms with Crippen molar-refractivity contribution in [2.75, 3.05) is 26.3 Å². The second-order valence-corrected chi connectivity index (χ2v) is 7.34. The van der Waals surface area contributed by atoms with Crippen LogP contribution in [0.25, 0.3) is 0 Å². The summed E-state index contributed by atoms with van der Waals surface area (Å²) in [5.74, 6) is 0. The number of rotatable bonds is 5. The fraction of sp³-hybridized carbons (Fsp3) is 0.583. The molecule has 0 saturated carbocycles. The zero-order valence-corrected chi connectivity index (χ0v) is 13.5. The average molecular weight is 355 g/mol. The number of hydrogen-bond acceptors (Lipinski definition) is 5. The molecule has 1 N–H and O–H groups in total. The number of aromatic nitrogens is 1. The fourth-order valence-electron chi connectivity index (χ4n) is 2.15. The van der Waals surface area contributed by atoms with Gasteiger partial charge in [-0.2, -0.15) is 4.31 Å². The molecule has 0 spiro atoms. The van der Waals surface area contributed by atoms with E-state index in [1.807, 2.05) is 0 Å². The maximum Gasteiger partial charge on any atom is 0.244 e. The smallest absolute Gasteiger partial charge is 0.244 e. The maximum absolute atomic E-state index is 12.5. The van der Waals surface area contributed by atoms with Gasteiger partial charge in [0, 0.05) is 19.3 Å². The number of pyridine rings is 1. The third kappa shape index (κ3) is 4.06. The number of sulfonamides is 1. The van der Waals surface area contributed by atoms with Crippen LogP contribution in [0.1, 0.15) is 12.8 Å². The molecule has 0 bridgehead atoms. The van der Waals surface area contributed by atoms with Crippen LogP contribution in [-0.2, 0) is 14.8 Å². The van der Waals surface area contributed by atoms with Crippen LogP contribution in [0, 0.1) is 0 Å². The summed E-state index contributed by atoms with van der Waals surface area (Å²) in [4.78, 5) is 3.80. The maximum atomic E-state index is 12.5. The number of piperidine rings is 1. The number of nitrogens with zero attached hydrogens (tertiary/aromatic N) is 2. The molecule has 21 heavy (non-hydrogen) atoms. The van der Waals surface area contributed by atoms with Crippen LogP contribution < -0.4 is 0 Å². The fourth-order valence-corrected chi connectivity index (χ4v) is 3.93. The van der Waals surface area contributed by atoms with Gasteiger partial charge < -0.3 is 9.84 Å². The molecular formula is C12H16Cl2N2O4S. The van der Waals surface area contributed by atoms with Crippen LogP contribution in [0.4, 0.5) is 0 Å². The van der Waals surface area contributed by atoms with Crippen molar-refractivity contribution in [3.63, 3.8) is 0 Å². The van der Waals surface area contributed by atoms with Gasteiger partial charge in [-0.1, -0.05) is 23.2 Å². The number of aliphatic hydroxyl groups is 1. The van der Waals surface area contributed by atoms with Crippen molar-refractivity contribution in [3.05, 3.63) is 22.4 Å². The Hall–Kier alpha value is -0.440. The molecule has 1 aliphatic heterocycles. The Balaban J connectivity index is 2.06. The molecule has 1 aliphatic rings. The molecule has 0 atom stereocenters. The highest BCUT2D eigenvalue weighted by Gasteiger charge is 2.30. The van der Waals surface area contributed by atoms with Crippen molar-refractivity contribution >= 4 is 33.2 Å². The highest BCUT2D eigenvalue weighted by molar-refractivity contribution is 7.89. The van der Waals surface area contributed by atoms with E-state index in [-0.39, 0.29) is 34.4 Å². The number of halogens is 2. The van der Waals surface area contributed by atoms with Crippen molar-refractivity contribution < 1.29 is 18.3 Å². The first-order chi connectivity index (χ1) is 9.95. The molecule has 118 valence electrons. The largest absolute Gasteiger partial charge is 0.394 e. The zero-order chi connectivity index (χ0) is 15.5. The Morgan fingerprint density at radius 2 is 2.05 bits per heavy atom. The molecule has 0 aliphatic carbocycles. The first kappa shape index (κ1) is 16.9. The highest BCUT2D eigenvalue weighted by Crippen LogP contribution is 2.26. The van der Waals surface area contributed by atoms with E-state index in [0.29, 0.717) is 25.9 Å². The minimum absolute atomic E-state index is 0.0180. The molecule has 0 unspecified atom stereocenters. The molecule has 2 rings (SSSR count). The highest BCUT2D eigenvalue weighted by atomic mass is 35.5. The lowest BCUT2D eigenvalue weighted by Gasteiger charge is -2.31. The second-order valence-electron chi connectivity index (χ2n) is 4.64. The van der Waals surface area contributed by atoms with Crippen molar-refractivity contribution in [2.24, 2.45) is 0 Å². The van der Waals surface area contributed by atoms with Crippen molar-refractivity contribution in [3.8, 4) is 0 Å². The lowest BCUT2D eigenvalue weighted by atomic mass is 10.1. The summed E-state index contributed by atoms with van der Waals surface area (Å²) in [5, 5.41) is 8.90. The third-order valence-electron chi connectivity index (χ3n) is 3.25. The van der Waals surface area contributed by atoms with Crippen LogP contribution in [-0.4, -0.2) is 55.2 Å². The van der Waals surface area contributed by atoms with Crippen molar-refractivity contribution in [1.29, 1.82) is 0 Å². The topological polar surface area (TPSA) is 79.7 Å². The SMILES string of the molecule is O=S(=O)(c1cnc(Cl)c(Cl)c1)N1CCC(OCCO)CC1. The first-order valence-corrected chi connectivity index (χ1v) is 8.68. The van der Waals surface area contributed by atoms with Crippen LogP contribution >= 0.6 is 23.2 Å². The Morgan fingerprint density at radius 3 is 2.62 bits per heavy atom. The molecule has 0 amide bonds. The summed E-state index contributed by atoms with van der Waals surface area (Å²) in [6.45, 7) is 0.957. The van der Waals surface area contributed by atoms with Gasteiger partial charge in [-0.3, -0.25) is 0 Å². The van der Waals surface area contributed by atoms with Crippen LogP contribution in [0.15, 0.2) is 17.2 Å². The molecule has 2 heterocycles. The lowest BCUT2D eigenvalue weighted by Crippen LogP contribution is -2.41. The van der Waals surface area contributed by atoms with E-state index in [4.69, 9.17) is 33.0 Å². The quantitative estimate of drug-likeness (QED) is 0.811. The van der Waals surface area contributed by atoms with E-state index < -0.39 is 10.0 Å². The molecule has 0 aromatic carbocycles. The van der Waals surface area contributed by atoms with Gasteiger partial charge in [-0.25, -0.2) is 13.4 Å². The van der Waals surface area contributed by atoms with Crippen LogP contribution in [0.5, 0.6) is 0 Å².